The van der Waals surface area contributed by atoms with Crippen LogP contribution in [0.4, 0.5) is 0 Å². The van der Waals surface area contributed by atoms with Crippen molar-refractivity contribution in [3.05, 3.63) is 29.8 Å². The van der Waals surface area contributed by atoms with Crippen molar-refractivity contribution in [2.24, 2.45) is 5.10 Å². The summed E-state index contributed by atoms with van der Waals surface area (Å²) in [4.78, 5) is 35.8. The molecule has 21 heavy (non-hydrogen) atoms. The lowest BCUT2D eigenvalue weighted by Crippen LogP contribution is -2.34. The first kappa shape index (κ1) is 14.7. The number of hydrogen-bond donors (Lipinski definition) is 2. The largest absolute Gasteiger partial charge is 0.507 e. The van der Waals surface area contributed by atoms with Crippen LogP contribution in [0.2, 0.25) is 0 Å². The van der Waals surface area contributed by atoms with Crippen LogP contribution in [0.1, 0.15) is 30.1 Å². The van der Waals surface area contributed by atoms with E-state index in [4.69, 9.17) is 0 Å². The van der Waals surface area contributed by atoms with Crippen molar-refractivity contribution in [2.75, 3.05) is 6.54 Å². The Morgan fingerprint density at radius 2 is 1.90 bits per heavy atom. The van der Waals surface area contributed by atoms with Crippen LogP contribution in [0.15, 0.2) is 29.4 Å². The van der Waals surface area contributed by atoms with E-state index in [0.717, 1.165) is 4.90 Å². The van der Waals surface area contributed by atoms with Gasteiger partial charge < -0.3 is 5.11 Å². The average Bonchev–Trinajstić information content (AvgIpc) is 2.77. The van der Waals surface area contributed by atoms with Crippen LogP contribution in [0.25, 0.3) is 0 Å². The molecule has 1 heterocycles. The molecular formula is C14H15N3O4. The highest BCUT2D eigenvalue weighted by Gasteiger charge is 2.28. The van der Waals surface area contributed by atoms with Gasteiger partial charge in [-0.25, -0.2) is 5.43 Å². The van der Waals surface area contributed by atoms with E-state index in [-0.39, 0.29) is 42.5 Å². The van der Waals surface area contributed by atoms with Gasteiger partial charge in [-0.1, -0.05) is 12.1 Å². The second-order valence-corrected chi connectivity index (χ2v) is 4.68. The van der Waals surface area contributed by atoms with Crippen LogP contribution < -0.4 is 5.43 Å². The number of carbonyl (C=O) groups is 3. The SMILES string of the molecule is CC(CN1C(=O)CCC1=O)=NNC(=O)c1ccccc1O. The monoisotopic (exact) mass is 289 g/mol. The summed E-state index contributed by atoms with van der Waals surface area (Å²) in [7, 11) is 0. The number of phenols is 1. The highest BCUT2D eigenvalue weighted by molar-refractivity contribution is 6.05. The summed E-state index contributed by atoms with van der Waals surface area (Å²) in [6, 6.07) is 6.08. The lowest BCUT2D eigenvalue weighted by atomic mass is 10.2. The molecule has 1 aliphatic heterocycles. The van der Waals surface area contributed by atoms with E-state index >= 15 is 0 Å². The van der Waals surface area contributed by atoms with E-state index in [0.29, 0.717) is 5.71 Å². The standard InChI is InChI=1S/C14H15N3O4/c1-9(8-17-12(19)6-7-13(17)20)15-16-14(21)10-4-2-3-5-11(10)18/h2-5,18H,6-8H2,1H3,(H,16,21). The number of rotatable bonds is 4. The van der Waals surface area contributed by atoms with Crippen molar-refractivity contribution in [2.45, 2.75) is 19.8 Å². The zero-order valence-corrected chi connectivity index (χ0v) is 11.5. The quantitative estimate of drug-likeness (QED) is 0.483. The van der Waals surface area contributed by atoms with Gasteiger partial charge in [-0.05, 0) is 19.1 Å². The lowest BCUT2D eigenvalue weighted by molar-refractivity contribution is -0.137. The third kappa shape index (κ3) is 3.44. The number of nitrogens with zero attached hydrogens (tertiary/aromatic N) is 2. The Kier molecular flexibility index (Phi) is 4.32. The molecule has 7 nitrogen and oxygen atoms in total. The molecule has 0 atom stereocenters. The van der Waals surface area contributed by atoms with Gasteiger partial charge in [0.2, 0.25) is 11.8 Å². The van der Waals surface area contributed by atoms with E-state index < -0.39 is 5.91 Å². The minimum absolute atomic E-state index is 0.0543. The Labute approximate surface area is 121 Å². The fraction of sp³-hybridized carbons (Fsp3) is 0.286. The number of para-hydroxylation sites is 1. The number of amides is 3. The molecule has 2 rings (SSSR count). The summed E-state index contributed by atoms with van der Waals surface area (Å²) in [6.07, 6.45) is 0.437. The molecule has 0 bridgehead atoms. The molecule has 2 N–H and O–H groups in total. The van der Waals surface area contributed by atoms with E-state index in [2.05, 4.69) is 10.5 Å². The molecule has 0 unspecified atom stereocenters. The van der Waals surface area contributed by atoms with Gasteiger partial charge in [-0.15, -0.1) is 0 Å². The topological polar surface area (TPSA) is 99.1 Å². The number of phenolic OH excluding ortho intramolecular Hbond substituents is 1. The van der Waals surface area contributed by atoms with Gasteiger partial charge in [0.1, 0.15) is 5.75 Å². The van der Waals surface area contributed by atoms with Gasteiger partial charge in [-0.3, -0.25) is 19.3 Å². The van der Waals surface area contributed by atoms with Crippen LogP contribution >= 0.6 is 0 Å². The summed E-state index contributed by atoms with van der Waals surface area (Å²) in [5.41, 5.74) is 2.80. The minimum atomic E-state index is -0.563. The molecule has 7 heteroatoms. The summed E-state index contributed by atoms with van der Waals surface area (Å²) >= 11 is 0. The Morgan fingerprint density at radius 1 is 1.29 bits per heavy atom. The molecule has 1 fully saturated rings. The first-order chi connectivity index (χ1) is 9.99. The smallest absolute Gasteiger partial charge is 0.275 e. The van der Waals surface area contributed by atoms with Crippen LogP contribution in [0.3, 0.4) is 0 Å². The van der Waals surface area contributed by atoms with Crippen molar-refractivity contribution in [3.8, 4) is 5.75 Å². The van der Waals surface area contributed by atoms with Crippen LogP contribution in [-0.2, 0) is 9.59 Å². The second-order valence-electron chi connectivity index (χ2n) is 4.68. The number of hydrogen-bond acceptors (Lipinski definition) is 5. The molecule has 0 spiro atoms. The Bertz CT molecular complexity index is 608. The van der Waals surface area contributed by atoms with Crippen molar-refractivity contribution < 1.29 is 19.5 Å². The molecule has 1 saturated heterocycles. The van der Waals surface area contributed by atoms with Crippen LogP contribution in [0.5, 0.6) is 5.75 Å². The van der Waals surface area contributed by atoms with Gasteiger partial charge in [0, 0.05) is 12.8 Å². The molecule has 110 valence electrons. The Balaban J connectivity index is 1.97. The molecule has 0 saturated carbocycles. The van der Waals surface area contributed by atoms with E-state index in [1.165, 1.54) is 12.1 Å². The lowest BCUT2D eigenvalue weighted by Gasteiger charge is -2.13. The van der Waals surface area contributed by atoms with Crippen LogP contribution in [-0.4, -0.2) is 40.0 Å². The highest BCUT2D eigenvalue weighted by atomic mass is 16.3. The summed E-state index contributed by atoms with van der Waals surface area (Å²) in [6.45, 7) is 1.66. The number of likely N-dealkylation sites (tertiary alicyclic amines) is 1. The normalized spacial score (nSPS) is 15.5. The molecule has 0 aromatic heterocycles. The van der Waals surface area contributed by atoms with Gasteiger partial charge in [-0.2, -0.15) is 5.10 Å². The maximum Gasteiger partial charge on any atom is 0.275 e. The number of benzene rings is 1. The first-order valence-corrected chi connectivity index (χ1v) is 6.43. The summed E-state index contributed by atoms with van der Waals surface area (Å²) < 4.78 is 0. The second kappa shape index (κ2) is 6.17. The van der Waals surface area contributed by atoms with E-state index in [9.17, 15) is 19.5 Å². The molecular weight excluding hydrogens is 274 g/mol. The Morgan fingerprint density at radius 3 is 2.52 bits per heavy atom. The van der Waals surface area contributed by atoms with Crippen molar-refractivity contribution in [1.29, 1.82) is 0 Å². The van der Waals surface area contributed by atoms with Gasteiger partial charge in [0.15, 0.2) is 0 Å². The molecule has 1 aromatic carbocycles. The maximum atomic E-state index is 11.8. The van der Waals surface area contributed by atoms with Gasteiger partial charge >= 0.3 is 0 Å². The average molecular weight is 289 g/mol. The fourth-order valence-corrected chi connectivity index (χ4v) is 1.94. The third-order valence-electron chi connectivity index (χ3n) is 3.04. The molecule has 0 radical (unpaired) electrons. The minimum Gasteiger partial charge on any atom is -0.507 e. The highest BCUT2D eigenvalue weighted by Crippen LogP contribution is 2.15. The zero-order valence-electron chi connectivity index (χ0n) is 11.5. The van der Waals surface area contributed by atoms with Crippen LogP contribution in [0, 0.1) is 0 Å². The summed E-state index contributed by atoms with van der Waals surface area (Å²) in [5, 5.41) is 13.4. The molecule has 3 amide bonds. The maximum absolute atomic E-state index is 11.8. The fourth-order valence-electron chi connectivity index (χ4n) is 1.94. The number of hydrazone groups is 1. The predicted molar refractivity (Wildman–Crippen MR) is 74.6 cm³/mol. The van der Waals surface area contributed by atoms with E-state index in [1.807, 2.05) is 0 Å². The van der Waals surface area contributed by atoms with Crippen molar-refractivity contribution >= 4 is 23.4 Å². The van der Waals surface area contributed by atoms with Crippen molar-refractivity contribution in [3.63, 3.8) is 0 Å². The number of nitrogens with one attached hydrogen (secondary N) is 1. The van der Waals surface area contributed by atoms with Crippen molar-refractivity contribution in [1.82, 2.24) is 10.3 Å². The predicted octanol–water partition coefficient (Wildman–Crippen LogP) is 0.647. The number of carbonyl (C=O) groups excluding carboxylic acids is 3. The molecule has 1 aromatic rings. The van der Waals surface area contributed by atoms with Gasteiger partial charge in [0.05, 0.1) is 17.8 Å². The zero-order chi connectivity index (χ0) is 15.4. The number of aromatic hydroxyl groups is 1. The Hall–Kier alpha value is -2.70. The molecule has 0 aliphatic carbocycles. The van der Waals surface area contributed by atoms with Gasteiger partial charge in [0.25, 0.3) is 5.91 Å². The molecule has 1 aliphatic rings. The van der Waals surface area contributed by atoms with E-state index in [1.54, 1.807) is 19.1 Å². The summed E-state index contributed by atoms with van der Waals surface area (Å²) in [5.74, 6) is -1.18. The third-order valence-corrected chi connectivity index (χ3v) is 3.04. The first-order valence-electron chi connectivity index (χ1n) is 6.43. The number of imide groups is 1.